The Kier molecular flexibility index (Phi) is 3.60. The van der Waals surface area contributed by atoms with E-state index in [-0.39, 0.29) is 16.9 Å². The maximum Gasteiger partial charge on any atom is 0.142 e. The molecular weight excluding hydrogens is 213 g/mol. The van der Waals surface area contributed by atoms with E-state index in [0.29, 0.717) is 0 Å². The van der Waals surface area contributed by atoms with Gasteiger partial charge < -0.3 is 5.32 Å². The number of hydrogen-bond donors (Lipinski definition) is 1. The molecular formula is C12H15ClFN. The fourth-order valence-corrected chi connectivity index (χ4v) is 2.34. The standard InChI is InChI=1S/C12H15ClFN/c13-12-9(5-4-6-10(12)14)11-7-2-1-3-8-15-11/h4-6,11,15H,1-3,7-8H2. The molecule has 0 bridgehead atoms. The van der Waals surface area contributed by atoms with Crippen LogP contribution in [0.15, 0.2) is 18.2 Å². The zero-order valence-electron chi connectivity index (χ0n) is 8.60. The molecule has 2 rings (SSSR count). The average molecular weight is 228 g/mol. The van der Waals surface area contributed by atoms with E-state index in [0.717, 1.165) is 18.5 Å². The maximum atomic E-state index is 13.3. The van der Waals surface area contributed by atoms with E-state index >= 15 is 0 Å². The summed E-state index contributed by atoms with van der Waals surface area (Å²) in [4.78, 5) is 0. The molecule has 15 heavy (non-hydrogen) atoms. The van der Waals surface area contributed by atoms with Gasteiger partial charge in [-0.15, -0.1) is 0 Å². The van der Waals surface area contributed by atoms with Crippen molar-refractivity contribution < 1.29 is 4.39 Å². The van der Waals surface area contributed by atoms with Crippen LogP contribution in [0.5, 0.6) is 0 Å². The first-order valence-electron chi connectivity index (χ1n) is 5.46. The van der Waals surface area contributed by atoms with Crippen molar-refractivity contribution in [3.63, 3.8) is 0 Å². The molecule has 0 aromatic heterocycles. The first-order chi connectivity index (χ1) is 7.29. The van der Waals surface area contributed by atoms with Gasteiger partial charge in [-0.3, -0.25) is 0 Å². The summed E-state index contributed by atoms with van der Waals surface area (Å²) < 4.78 is 13.3. The molecule has 1 aliphatic rings. The molecule has 1 N–H and O–H groups in total. The van der Waals surface area contributed by atoms with Crippen molar-refractivity contribution in [2.75, 3.05) is 6.54 Å². The molecule has 0 radical (unpaired) electrons. The van der Waals surface area contributed by atoms with Crippen LogP contribution < -0.4 is 5.32 Å². The van der Waals surface area contributed by atoms with Crippen molar-refractivity contribution in [1.29, 1.82) is 0 Å². The lowest BCUT2D eigenvalue weighted by Crippen LogP contribution is -2.20. The smallest absolute Gasteiger partial charge is 0.142 e. The minimum absolute atomic E-state index is 0.218. The predicted octanol–water partition coefficient (Wildman–Crippen LogP) is 3.68. The van der Waals surface area contributed by atoms with Crippen molar-refractivity contribution in [1.82, 2.24) is 5.32 Å². The predicted molar refractivity (Wildman–Crippen MR) is 60.6 cm³/mol. The molecule has 1 saturated heterocycles. The Bertz CT molecular complexity index is 332. The number of hydrogen-bond acceptors (Lipinski definition) is 1. The molecule has 1 fully saturated rings. The molecule has 0 saturated carbocycles. The molecule has 1 aromatic carbocycles. The zero-order valence-corrected chi connectivity index (χ0v) is 9.36. The minimum Gasteiger partial charge on any atom is -0.310 e. The van der Waals surface area contributed by atoms with Crippen LogP contribution in [0.25, 0.3) is 0 Å². The van der Waals surface area contributed by atoms with E-state index in [9.17, 15) is 4.39 Å². The van der Waals surface area contributed by atoms with E-state index in [1.165, 1.54) is 25.3 Å². The van der Waals surface area contributed by atoms with E-state index in [1.54, 1.807) is 6.07 Å². The van der Waals surface area contributed by atoms with Gasteiger partial charge in [0, 0.05) is 6.04 Å². The highest BCUT2D eigenvalue weighted by Crippen LogP contribution is 2.29. The van der Waals surface area contributed by atoms with Gasteiger partial charge >= 0.3 is 0 Å². The number of benzene rings is 1. The molecule has 0 spiro atoms. The van der Waals surface area contributed by atoms with Gasteiger partial charge in [-0.25, -0.2) is 4.39 Å². The van der Waals surface area contributed by atoms with Crippen molar-refractivity contribution in [3.8, 4) is 0 Å². The van der Waals surface area contributed by atoms with Gasteiger partial charge in [-0.05, 0) is 31.0 Å². The van der Waals surface area contributed by atoms with Crippen LogP contribution in [0.3, 0.4) is 0 Å². The highest BCUT2D eigenvalue weighted by molar-refractivity contribution is 6.31. The van der Waals surface area contributed by atoms with E-state index in [1.807, 2.05) is 6.07 Å². The van der Waals surface area contributed by atoms with Crippen LogP contribution in [0.2, 0.25) is 5.02 Å². The first-order valence-corrected chi connectivity index (χ1v) is 5.84. The van der Waals surface area contributed by atoms with Crippen molar-refractivity contribution in [2.45, 2.75) is 31.7 Å². The van der Waals surface area contributed by atoms with Gasteiger partial charge in [0.1, 0.15) is 5.82 Å². The molecule has 1 aromatic rings. The topological polar surface area (TPSA) is 12.0 Å². The molecule has 1 heterocycles. The third kappa shape index (κ3) is 2.50. The van der Waals surface area contributed by atoms with Gasteiger partial charge in [0.05, 0.1) is 5.02 Å². The Balaban J connectivity index is 2.23. The quantitative estimate of drug-likeness (QED) is 0.772. The Labute approximate surface area is 94.6 Å². The second-order valence-corrected chi connectivity index (χ2v) is 4.38. The lowest BCUT2D eigenvalue weighted by molar-refractivity contribution is 0.529. The summed E-state index contributed by atoms with van der Waals surface area (Å²) in [6.45, 7) is 0.998. The summed E-state index contributed by atoms with van der Waals surface area (Å²) in [6.07, 6.45) is 4.67. The van der Waals surface area contributed by atoms with Crippen LogP contribution in [-0.2, 0) is 0 Å². The van der Waals surface area contributed by atoms with Gasteiger partial charge in [0.2, 0.25) is 0 Å². The average Bonchev–Trinajstić information content (AvgIpc) is 2.50. The van der Waals surface area contributed by atoms with Crippen LogP contribution in [0.1, 0.15) is 37.3 Å². The SMILES string of the molecule is Fc1cccc(C2CCCCCN2)c1Cl. The van der Waals surface area contributed by atoms with Gasteiger partial charge in [0.15, 0.2) is 0 Å². The molecule has 1 atom stereocenters. The van der Waals surface area contributed by atoms with Crippen LogP contribution in [0, 0.1) is 5.82 Å². The van der Waals surface area contributed by atoms with E-state index < -0.39 is 0 Å². The van der Waals surface area contributed by atoms with Crippen LogP contribution >= 0.6 is 11.6 Å². The van der Waals surface area contributed by atoms with Gasteiger partial charge in [-0.2, -0.15) is 0 Å². The van der Waals surface area contributed by atoms with E-state index in [4.69, 9.17) is 11.6 Å². The fourth-order valence-electron chi connectivity index (χ4n) is 2.08. The fraction of sp³-hybridized carbons (Fsp3) is 0.500. The summed E-state index contributed by atoms with van der Waals surface area (Å²) >= 11 is 5.96. The Hall–Kier alpha value is -0.600. The molecule has 3 heteroatoms. The first kappa shape index (κ1) is 10.9. The van der Waals surface area contributed by atoms with Gasteiger partial charge in [0.25, 0.3) is 0 Å². The summed E-state index contributed by atoms with van der Waals surface area (Å²) in [5.74, 6) is -0.319. The summed E-state index contributed by atoms with van der Waals surface area (Å²) in [6, 6.07) is 5.26. The Morgan fingerprint density at radius 3 is 3.00 bits per heavy atom. The second kappa shape index (κ2) is 4.95. The second-order valence-electron chi connectivity index (χ2n) is 4.00. The summed E-state index contributed by atoms with van der Waals surface area (Å²) in [5, 5.41) is 3.69. The molecule has 1 aliphatic heterocycles. The Morgan fingerprint density at radius 1 is 1.27 bits per heavy atom. The molecule has 1 unspecified atom stereocenters. The monoisotopic (exact) mass is 227 g/mol. The zero-order chi connectivity index (χ0) is 10.7. The molecule has 82 valence electrons. The molecule has 0 aliphatic carbocycles. The number of rotatable bonds is 1. The molecule has 1 nitrogen and oxygen atoms in total. The number of halogens is 2. The highest BCUT2D eigenvalue weighted by Gasteiger charge is 2.17. The van der Waals surface area contributed by atoms with Gasteiger partial charge in [-0.1, -0.05) is 36.6 Å². The summed E-state index contributed by atoms with van der Waals surface area (Å²) in [7, 11) is 0. The third-order valence-electron chi connectivity index (χ3n) is 2.92. The van der Waals surface area contributed by atoms with Crippen molar-refractivity contribution in [2.24, 2.45) is 0 Å². The molecule has 0 amide bonds. The third-order valence-corrected chi connectivity index (χ3v) is 3.32. The van der Waals surface area contributed by atoms with Crippen molar-refractivity contribution >= 4 is 11.6 Å². The highest BCUT2D eigenvalue weighted by atomic mass is 35.5. The normalized spacial score (nSPS) is 22.4. The Morgan fingerprint density at radius 2 is 2.13 bits per heavy atom. The number of nitrogens with one attached hydrogen (secondary N) is 1. The lowest BCUT2D eigenvalue weighted by atomic mass is 10.0. The van der Waals surface area contributed by atoms with E-state index in [2.05, 4.69) is 5.32 Å². The largest absolute Gasteiger partial charge is 0.310 e. The lowest BCUT2D eigenvalue weighted by Gasteiger charge is -2.17. The summed E-state index contributed by atoms with van der Waals surface area (Å²) in [5.41, 5.74) is 0.901. The maximum absolute atomic E-state index is 13.3. The van der Waals surface area contributed by atoms with Crippen molar-refractivity contribution in [3.05, 3.63) is 34.6 Å². The minimum atomic E-state index is -0.319. The van der Waals surface area contributed by atoms with Crippen LogP contribution in [-0.4, -0.2) is 6.54 Å². The van der Waals surface area contributed by atoms with Crippen LogP contribution in [0.4, 0.5) is 4.39 Å².